The van der Waals surface area contributed by atoms with Crippen molar-refractivity contribution in [3.05, 3.63) is 47.7 Å². The Labute approximate surface area is 208 Å². The fraction of sp³-hybridized carbons (Fsp3) is 0.417. The molecule has 1 unspecified atom stereocenters. The molecule has 0 amide bonds. The molecule has 2 saturated heterocycles. The van der Waals surface area contributed by atoms with Gasteiger partial charge in [-0.25, -0.2) is 0 Å². The first-order chi connectivity index (χ1) is 17.1. The minimum absolute atomic E-state index is 0.274. The first-order valence-electron chi connectivity index (χ1n) is 12.0. The summed E-state index contributed by atoms with van der Waals surface area (Å²) in [5.41, 5.74) is 7.46. The zero-order valence-corrected chi connectivity index (χ0v) is 20.2. The Morgan fingerprint density at radius 1 is 0.971 bits per heavy atom. The maximum atomic E-state index is 6.22. The summed E-state index contributed by atoms with van der Waals surface area (Å²) in [7, 11) is 0. The number of nitrogens with two attached hydrogens (primary N) is 1. The van der Waals surface area contributed by atoms with Crippen molar-refractivity contribution in [3.8, 4) is 11.6 Å². The number of hydrogen-bond acceptors (Lipinski definition) is 9. The Morgan fingerprint density at radius 3 is 2.57 bits per heavy atom. The number of rotatable bonds is 5. The van der Waals surface area contributed by atoms with Gasteiger partial charge in [-0.1, -0.05) is 11.6 Å². The predicted octanol–water partition coefficient (Wildman–Crippen LogP) is 3.05. The number of hydrogen-bond donors (Lipinski definition) is 1. The third kappa shape index (κ3) is 4.63. The Balaban J connectivity index is 1.10. The lowest BCUT2D eigenvalue weighted by Crippen LogP contribution is -2.49. The summed E-state index contributed by atoms with van der Waals surface area (Å²) in [5, 5.41) is 5.17. The number of nitrogen functional groups attached to an aromatic ring is 1. The van der Waals surface area contributed by atoms with E-state index in [4.69, 9.17) is 21.8 Å². The number of furan rings is 1. The van der Waals surface area contributed by atoms with Gasteiger partial charge in [-0.05, 0) is 55.2 Å². The molecule has 182 valence electrons. The largest absolute Gasteiger partial charge is 0.461 e. The Hall–Kier alpha value is -3.37. The number of benzene rings is 1. The van der Waals surface area contributed by atoms with E-state index in [9.17, 15) is 0 Å². The third-order valence-corrected chi connectivity index (χ3v) is 7.10. The van der Waals surface area contributed by atoms with Gasteiger partial charge in [0.05, 0.1) is 6.26 Å². The summed E-state index contributed by atoms with van der Waals surface area (Å²) in [4.78, 5) is 21.0. The Kier molecular flexibility index (Phi) is 5.91. The predicted molar refractivity (Wildman–Crippen MR) is 136 cm³/mol. The molecule has 5 heterocycles. The quantitative estimate of drug-likeness (QED) is 0.449. The van der Waals surface area contributed by atoms with E-state index in [-0.39, 0.29) is 5.95 Å². The highest BCUT2D eigenvalue weighted by Gasteiger charge is 2.27. The Bertz CT molecular complexity index is 1280. The lowest BCUT2D eigenvalue weighted by atomic mass is 9.97. The molecule has 0 saturated carbocycles. The second-order valence-corrected chi connectivity index (χ2v) is 9.66. The van der Waals surface area contributed by atoms with E-state index in [2.05, 4.69) is 46.9 Å². The molecule has 2 aliphatic rings. The van der Waals surface area contributed by atoms with Crippen LogP contribution in [0.3, 0.4) is 0 Å². The van der Waals surface area contributed by atoms with Gasteiger partial charge >= 0.3 is 0 Å². The van der Waals surface area contributed by atoms with Crippen molar-refractivity contribution in [3.63, 3.8) is 0 Å². The highest BCUT2D eigenvalue weighted by Crippen LogP contribution is 2.25. The molecule has 1 atom stereocenters. The van der Waals surface area contributed by atoms with Crippen LogP contribution in [0.15, 0.2) is 47.1 Å². The number of aromatic nitrogens is 5. The van der Waals surface area contributed by atoms with Gasteiger partial charge in [0, 0.05) is 56.5 Å². The van der Waals surface area contributed by atoms with Crippen LogP contribution in [0.5, 0.6) is 0 Å². The van der Waals surface area contributed by atoms with Crippen molar-refractivity contribution in [2.45, 2.75) is 12.8 Å². The van der Waals surface area contributed by atoms with Gasteiger partial charge in [0.15, 0.2) is 5.76 Å². The van der Waals surface area contributed by atoms with Crippen LogP contribution in [0.25, 0.3) is 17.4 Å². The van der Waals surface area contributed by atoms with Gasteiger partial charge < -0.3 is 20.0 Å². The van der Waals surface area contributed by atoms with Crippen LogP contribution < -0.4 is 15.5 Å². The summed E-state index contributed by atoms with van der Waals surface area (Å²) in [6.45, 7) is 7.07. The molecule has 10 nitrogen and oxygen atoms in total. The van der Waals surface area contributed by atoms with E-state index in [1.807, 2.05) is 18.2 Å². The van der Waals surface area contributed by atoms with Crippen LogP contribution in [-0.2, 0) is 0 Å². The molecule has 1 aromatic carbocycles. The van der Waals surface area contributed by atoms with Crippen LogP contribution in [0.4, 0.5) is 17.6 Å². The molecule has 0 spiro atoms. The van der Waals surface area contributed by atoms with Gasteiger partial charge in [0.25, 0.3) is 5.78 Å². The van der Waals surface area contributed by atoms with E-state index in [0.717, 1.165) is 57.3 Å². The van der Waals surface area contributed by atoms with Crippen LogP contribution in [0, 0.1) is 5.92 Å². The fourth-order valence-electron chi connectivity index (χ4n) is 5.05. The number of halogens is 1. The van der Waals surface area contributed by atoms with E-state index < -0.39 is 0 Å². The van der Waals surface area contributed by atoms with Gasteiger partial charge in [0.1, 0.15) is 0 Å². The smallest absolute Gasteiger partial charge is 0.259 e. The van der Waals surface area contributed by atoms with Crippen LogP contribution in [0.2, 0.25) is 5.02 Å². The first kappa shape index (κ1) is 22.1. The van der Waals surface area contributed by atoms with Crippen molar-refractivity contribution in [1.29, 1.82) is 0 Å². The SMILES string of the molecule is Nc1nc(N2CCCC(CN3CCN(c4ccc(Cl)cc4)CC3)C2)nc2nc(-c3ccco3)nn12. The average molecular weight is 494 g/mol. The number of anilines is 3. The van der Waals surface area contributed by atoms with Crippen LogP contribution >= 0.6 is 11.6 Å². The minimum Gasteiger partial charge on any atom is -0.461 e. The number of fused-ring (bicyclic) bond motifs is 1. The first-order valence-corrected chi connectivity index (χ1v) is 12.4. The van der Waals surface area contributed by atoms with Crippen molar-refractivity contribution in [2.24, 2.45) is 5.92 Å². The lowest BCUT2D eigenvalue weighted by molar-refractivity contribution is 0.205. The highest BCUT2D eigenvalue weighted by atomic mass is 35.5. The average Bonchev–Trinajstić information content (AvgIpc) is 3.56. The van der Waals surface area contributed by atoms with Crippen molar-refractivity contribution >= 4 is 35.0 Å². The van der Waals surface area contributed by atoms with E-state index >= 15 is 0 Å². The minimum atomic E-state index is 0.274. The van der Waals surface area contributed by atoms with E-state index in [0.29, 0.717) is 29.2 Å². The molecule has 0 bridgehead atoms. The summed E-state index contributed by atoms with van der Waals surface area (Å²) in [6, 6.07) is 11.7. The lowest BCUT2D eigenvalue weighted by Gasteiger charge is -2.40. The molecular weight excluding hydrogens is 466 g/mol. The summed E-state index contributed by atoms with van der Waals surface area (Å²) in [5.74, 6) is 2.90. The van der Waals surface area contributed by atoms with Gasteiger partial charge in [-0.15, -0.1) is 5.10 Å². The molecule has 4 aromatic rings. The maximum Gasteiger partial charge on any atom is 0.259 e. The summed E-state index contributed by atoms with van der Waals surface area (Å²) >= 11 is 6.04. The van der Waals surface area contributed by atoms with Crippen molar-refractivity contribution < 1.29 is 4.42 Å². The topological polar surface area (TPSA) is 105 Å². The molecule has 2 N–H and O–H groups in total. The highest BCUT2D eigenvalue weighted by molar-refractivity contribution is 6.30. The van der Waals surface area contributed by atoms with Gasteiger partial charge in [0.2, 0.25) is 17.7 Å². The Morgan fingerprint density at radius 2 is 1.80 bits per heavy atom. The maximum absolute atomic E-state index is 6.22. The monoisotopic (exact) mass is 493 g/mol. The molecule has 0 aliphatic carbocycles. The molecular formula is C24H28ClN9O. The molecule has 6 rings (SSSR count). The molecule has 35 heavy (non-hydrogen) atoms. The molecule has 2 fully saturated rings. The zero-order chi connectivity index (χ0) is 23.8. The van der Waals surface area contributed by atoms with Crippen molar-refractivity contribution in [1.82, 2.24) is 29.5 Å². The second kappa shape index (κ2) is 9.35. The normalized spacial score (nSPS) is 19.5. The van der Waals surface area contributed by atoms with Crippen molar-refractivity contribution in [2.75, 3.05) is 61.3 Å². The third-order valence-electron chi connectivity index (χ3n) is 6.85. The number of nitrogens with zero attached hydrogens (tertiary/aromatic N) is 8. The standard InChI is InChI=1S/C24H28ClN9O/c25-18-5-7-19(8-6-18)32-12-10-31(11-13-32)15-17-3-1-9-33(16-17)23-28-22(26)34-24(29-23)27-21(30-34)20-4-2-14-35-20/h2,4-8,14,17H,1,3,9-13,15-16H2,(H2,26,27,28,29,30). The zero-order valence-electron chi connectivity index (χ0n) is 19.4. The number of piperazine rings is 1. The van der Waals surface area contributed by atoms with E-state index in [1.165, 1.54) is 16.6 Å². The van der Waals surface area contributed by atoms with Gasteiger partial charge in [-0.3, -0.25) is 4.90 Å². The number of piperidine rings is 1. The molecule has 2 aliphatic heterocycles. The summed E-state index contributed by atoms with van der Waals surface area (Å²) < 4.78 is 6.87. The molecule has 0 radical (unpaired) electrons. The van der Waals surface area contributed by atoms with Crippen LogP contribution in [-0.4, -0.2) is 75.3 Å². The fourth-order valence-corrected chi connectivity index (χ4v) is 5.17. The second-order valence-electron chi connectivity index (χ2n) is 9.22. The summed E-state index contributed by atoms with van der Waals surface area (Å²) in [6.07, 6.45) is 3.90. The van der Waals surface area contributed by atoms with E-state index in [1.54, 1.807) is 12.3 Å². The van der Waals surface area contributed by atoms with Gasteiger partial charge in [-0.2, -0.15) is 19.5 Å². The van der Waals surface area contributed by atoms with Crippen LogP contribution in [0.1, 0.15) is 12.8 Å². The molecule has 3 aromatic heterocycles. The molecule has 11 heteroatoms.